The molecule has 1 aromatic heterocycles. The van der Waals surface area contributed by atoms with Crippen molar-refractivity contribution in [1.29, 1.82) is 0 Å². The molecule has 1 rings (SSSR count). The van der Waals surface area contributed by atoms with Crippen molar-refractivity contribution in [3.63, 3.8) is 0 Å². The van der Waals surface area contributed by atoms with Crippen molar-refractivity contribution in [3.8, 4) is 0 Å². The molecule has 0 fully saturated rings. The molecular formula is C12H15F3N2O2. The third-order valence-electron chi connectivity index (χ3n) is 2.51. The first kappa shape index (κ1) is 15.3. The summed E-state index contributed by atoms with van der Waals surface area (Å²) in [5.41, 5.74) is -2.47. The summed E-state index contributed by atoms with van der Waals surface area (Å²) in [5, 5.41) is 2.39. The Bertz CT molecular complexity index is 521. The fraction of sp³-hybridized carbons (Fsp3) is 0.500. The Hall–Kier alpha value is -1.79. The molecule has 0 bridgehead atoms. The van der Waals surface area contributed by atoms with Crippen molar-refractivity contribution in [3.05, 3.63) is 33.2 Å². The van der Waals surface area contributed by atoms with E-state index in [1.807, 2.05) is 0 Å². The van der Waals surface area contributed by atoms with Gasteiger partial charge in [0.25, 0.3) is 11.5 Å². The molecule has 0 aromatic carbocycles. The predicted octanol–water partition coefficient (Wildman–Crippen LogP) is 2.10. The molecule has 0 spiro atoms. The summed E-state index contributed by atoms with van der Waals surface area (Å²) in [6, 6.07) is 1.02. The largest absolute Gasteiger partial charge is 0.431 e. The number of hydrogen-bond donors (Lipinski definition) is 2. The summed E-state index contributed by atoms with van der Waals surface area (Å²) < 4.78 is 38.3. The summed E-state index contributed by atoms with van der Waals surface area (Å²) in [5.74, 6) is -0.671. The van der Waals surface area contributed by atoms with E-state index in [1.54, 1.807) is 18.8 Å². The quantitative estimate of drug-likeness (QED) is 0.884. The number of hydrogen-bond acceptors (Lipinski definition) is 2. The van der Waals surface area contributed by atoms with Crippen molar-refractivity contribution in [2.24, 2.45) is 0 Å². The fourth-order valence-corrected chi connectivity index (χ4v) is 1.72. The van der Waals surface area contributed by atoms with Crippen LogP contribution in [0, 0.1) is 0 Å². The number of carbonyl (C=O) groups is 1. The highest BCUT2D eigenvalue weighted by Gasteiger charge is 2.35. The molecule has 2 N–H and O–H groups in total. The summed E-state index contributed by atoms with van der Waals surface area (Å²) in [7, 11) is 0. The maximum atomic E-state index is 12.8. The van der Waals surface area contributed by atoms with E-state index < -0.39 is 23.3 Å². The highest BCUT2D eigenvalue weighted by Crippen LogP contribution is 2.30. The molecule has 0 radical (unpaired) electrons. The van der Waals surface area contributed by atoms with E-state index in [0.717, 1.165) is 6.07 Å². The van der Waals surface area contributed by atoms with Gasteiger partial charge in [0.1, 0.15) is 11.3 Å². The third-order valence-corrected chi connectivity index (χ3v) is 2.51. The average molecular weight is 276 g/mol. The zero-order valence-electron chi connectivity index (χ0n) is 10.6. The first-order valence-electron chi connectivity index (χ1n) is 5.92. The van der Waals surface area contributed by atoms with E-state index in [4.69, 9.17) is 0 Å². The predicted molar refractivity (Wildman–Crippen MR) is 64.1 cm³/mol. The number of aryl methyl sites for hydroxylation is 1. The van der Waals surface area contributed by atoms with Crippen LogP contribution in [0.3, 0.4) is 0 Å². The smallest absolute Gasteiger partial charge is 0.352 e. The van der Waals surface area contributed by atoms with Crippen LogP contribution in [-0.2, 0) is 12.6 Å². The van der Waals surface area contributed by atoms with Crippen molar-refractivity contribution >= 4 is 5.91 Å². The van der Waals surface area contributed by atoms with Crippen LogP contribution >= 0.6 is 0 Å². The Balaban J connectivity index is 3.36. The van der Waals surface area contributed by atoms with Gasteiger partial charge in [-0.05, 0) is 25.0 Å². The number of carbonyl (C=O) groups excluding carboxylic acids is 1. The number of H-pyrrole nitrogens is 1. The van der Waals surface area contributed by atoms with Gasteiger partial charge in [-0.1, -0.05) is 13.3 Å². The molecule has 19 heavy (non-hydrogen) atoms. The lowest BCUT2D eigenvalue weighted by molar-refractivity contribution is -0.142. The van der Waals surface area contributed by atoms with Crippen LogP contribution in [0.2, 0.25) is 0 Å². The van der Waals surface area contributed by atoms with Crippen molar-refractivity contribution in [2.75, 3.05) is 6.54 Å². The van der Waals surface area contributed by atoms with Gasteiger partial charge in [-0.2, -0.15) is 13.2 Å². The van der Waals surface area contributed by atoms with E-state index in [-0.39, 0.29) is 17.5 Å². The number of alkyl halides is 3. The van der Waals surface area contributed by atoms with Gasteiger partial charge < -0.3 is 10.3 Å². The lowest BCUT2D eigenvalue weighted by Gasteiger charge is -2.13. The van der Waals surface area contributed by atoms with E-state index >= 15 is 0 Å². The highest BCUT2D eigenvalue weighted by atomic mass is 19.4. The summed E-state index contributed by atoms with van der Waals surface area (Å²) >= 11 is 0. The van der Waals surface area contributed by atoms with E-state index in [1.165, 1.54) is 0 Å². The summed E-state index contributed by atoms with van der Waals surface area (Å²) in [6.07, 6.45) is -4.02. The Morgan fingerprint density at radius 3 is 2.47 bits per heavy atom. The molecule has 1 amide bonds. The van der Waals surface area contributed by atoms with Crippen LogP contribution in [0.4, 0.5) is 13.2 Å². The zero-order chi connectivity index (χ0) is 14.6. The first-order valence-corrected chi connectivity index (χ1v) is 5.92. The number of amides is 1. The Morgan fingerprint density at radius 1 is 1.37 bits per heavy atom. The first-order chi connectivity index (χ1) is 8.81. The number of pyridine rings is 1. The lowest BCUT2D eigenvalue weighted by Crippen LogP contribution is -2.31. The molecule has 106 valence electrons. The minimum absolute atomic E-state index is 0.0733. The molecule has 0 aliphatic heterocycles. The van der Waals surface area contributed by atoms with Crippen LogP contribution in [0.15, 0.2) is 10.9 Å². The molecular weight excluding hydrogens is 261 g/mol. The minimum Gasteiger partial charge on any atom is -0.352 e. The number of aromatic amines is 1. The highest BCUT2D eigenvalue weighted by molar-refractivity contribution is 5.94. The van der Waals surface area contributed by atoms with Gasteiger partial charge in [-0.25, -0.2) is 0 Å². The average Bonchev–Trinajstić information content (AvgIpc) is 2.30. The maximum absolute atomic E-state index is 12.8. The van der Waals surface area contributed by atoms with Crippen LogP contribution in [0.5, 0.6) is 0 Å². The van der Waals surface area contributed by atoms with E-state index in [9.17, 15) is 22.8 Å². The second-order valence-electron chi connectivity index (χ2n) is 4.02. The second-order valence-corrected chi connectivity index (χ2v) is 4.02. The molecule has 1 heterocycles. The molecule has 0 unspecified atom stereocenters. The van der Waals surface area contributed by atoms with Crippen molar-refractivity contribution in [2.45, 2.75) is 32.9 Å². The second kappa shape index (κ2) is 5.90. The molecule has 1 aromatic rings. The molecule has 0 saturated heterocycles. The number of rotatable bonds is 4. The SMILES string of the molecule is CCCc1cc(C(=O)NCC)c(=O)[nH]c1C(F)(F)F. The minimum atomic E-state index is -4.64. The normalized spacial score (nSPS) is 11.4. The topological polar surface area (TPSA) is 62.0 Å². The standard InChI is InChI=1S/C12H15F3N2O2/c1-3-5-7-6-8(10(18)16-4-2)11(19)17-9(7)12(13,14)15/h6H,3-5H2,1-2H3,(H,16,18)(H,17,19). The van der Waals surface area contributed by atoms with Gasteiger partial charge in [0, 0.05) is 6.54 Å². The monoisotopic (exact) mass is 276 g/mol. The lowest BCUT2D eigenvalue weighted by atomic mass is 10.0. The number of halogens is 3. The van der Waals surface area contributed by atoms with Gasteiger partial charge in [-0.3, -0.25) is 9.59 Å². The Morgan fingerprint density at radius 2 is 2.00 bits per heavy atom. The van der Waals surface area contributed by atoms with E-state index in [2.05, 4.69) is 5.32 Å². The van der Waals surface area contributed by atoms with Crippen molar-refractivity contribution in [1.82, 2.24) is 10.3 Å². The van der Waals surface area contributed by atoms with Crippen LogP contribution in [0.1, 0.15) is 41.9 Å². The molecule has 0 saturated carbocycles. The molecule has 0 aliphatic carbocycles. The third kappa shape index (κ3) is 3.59. The van der Waals surface area contributed by atoms with Crippen molar-refractivity contribution < 1.29 is 18.0 Å². The molecule has 7 heteroatoms. The van der Waals surface area contributed by atoms with Gasteiger partial charge in [0.05, 0.1) is 0 Å². The molecule has 0 aliphatic rings. The summed E-state index contributed by atoms with van der Waals surface area (Å²) in [4.78, 5) is 24.9. The number of nitrogens with one attached hydrogen (secondary N) is 2. The fourth-order valence-electron chi connectivity index (χ4n) is 1.72. The summed E-state index contributed by atoms with van der Waals surface area (Å²) in [6.45, 7) is 3.67. The van der Waals surface area contributed by atoms with Crippen LogP contribution < -0.4 is 10.9 Å². The number of aromatic nitrogens is 1. The van der Waals surface area contributed by atoms with E-state index in [0.29, 0.717) is 13.0 Å². The zero-order valence-corrected chi connectivity index (χ0v) is 10.6. The van der Waals surface area contributed by atoms with Gasteiger partial charge in [0.2, 0.25) is 0 Å². The molecule has 0 atom stereocenters. The maximum Gasteiger partial charge on any atom is 0.431 e. The molecule has 4 nitrogen and oxygen atoms in total. The van der Waals surface area contributed by atoms with Gasteiger partial charge in [0.15, 0.2) is 0 Å². The Labute approximate surface area is 108 Å². The Kier molecular flexibility index (Phi) is 4.74. The van der Waals surface area contributed by atoms with Crippen LogP contribution in [0.25, 0.3) is 0 Å². The van der Waals surface area contributed by atoms with Gasteiger partial charge >= 0.3 is 6.18 Å². The van der Waals surface area contributed by atoms with Crippen LogP contribution in [-0.4, -0.2) is 17.4 Å². The van der Waals surface area contributed by atoms with Gasteiger partial charge in [-0.15, -0.1) is 0 Å².